The maximum atomic E-state index is 12.0. The van der Waals surface area contributed by atoms with E-state index in [0.717, 1.165) is 13.0 Å². The number of nitrogens with one attached hydrogen (secondary N) is 2. The van der Waals surface area contributed by atoms with E-state index in [9.17, 15) is 4.79 Å². The smallest absolute Gasteiger partial charge is 0.253 e. The lowest BCUT2D eigenvalue weighted by Crippen LogP contribution is -2.27. The number of anilines is 1. The Balaban J connectivity index is 2.37. The Kier molecular flexibility index (Phi) is 7.36. The number of benzene rings is 1. The Hall–Kier alpha value is -1.30. The SMILES string of the molecule is CC(C)COCCCNC(=O)c1cc(Cl)ccc1NN. The monoisotopic (exact) mass is 299 g/mol. The molecule has 1 aromatic rings. The molecule has 1 rings (SSSR count). The van der Waals surface area contributed by atoms with Gasteiger partial charge in [0.25, 0.3) is 5.91 Å². The molecule has 20 heavy (non-hydrogen) atoms. The summed E-state index contributed by atoms with van der Waals surface area (Å²) in [6.45, 7) is 6.12. The number of hydrazine groups is 1. The van der Waals surface area contributed by atoms with Gasteiger partial charge >= 0.3 is 0 Å². The molecule has 0 heterocycles. The molecule has 0 fully saturated rings. The lowest BCUT2D eigenvalue weighted by Gasteiger charge is -2.10. The highest BCUT2D eigenvalue weighted by atomic mass is 35.5. The zero-order chi connectivity index (χ0) is 15.0. The Morgan fingerprint density at radius 1 is 1.45 bits per heavy atom. The molecule has 0 saturated heterocycles. The predicted molar refractivity (Wildman–Crippen MR) is 81.9 cm³/mol. The van der Waals surface area contributed by atoms with Crippen molar-refractivity contribution in [3.63, 3.8) is 0 Å². The van der Waals surface area contributed by atoms with Gasteiger partial charge in [-0.3, -0.25) is 10.6 Å². The highest BCUT2D eigenvalue weighted by Crippen LogP contribution is 2.19. The number of nitrogen functional groups attached to an aromatic ring is 1. The summed E-state index contributed by atoms with van der Waals surface area (Å²) in [5.74, 6) is 5.69. The van der Waals surface area contributed by atoms with Crippen LogP contribution in [0.5, 0.6) is 0 Å². The number of carbonyl (C=O) groups is 1. The lowest BCUT2D eigenvalue weighted by atomic mass is 10.1. The van der Waals surface area contributed by atoms with Crippen LogP contribution in [0.2, 0.25) is 5.02 Å². The largest absolute Gasteiger partial charge is 0.381 e. The van der Waals surface area contributed by atoms with Gasteiger partial charge in [-0.05, 0) is 30.5 Å². The minimum atomic E-state index is -0.204. The molecule has 0 aromatic heterocycles. The number of halogens is 1. The van der Waals surface area contributed by atoms with Gasteiger partial charge in [-0.15, -0.1) is 0 Å². The number of nitrogens with two attached hydrogens (primary N) is 1. The summed E-state index contributed by atoms with van der Waals surface area (Å²) in [6.07, 6.45) is 0.768. The minimum Gasteiger partial charge on any atom is -0.381 e. The van der Waals surface area contributed by atoms with Crippen LogP contribution in [0.4, 0.5) is 5.69 Å². The summed E-state index contributed by atoms with van der Waals surface area (Å²) in [6, 6.07) is 4.93. The van der Waals surface area contributed by atoms with E-state index in [-0.39, 0.29) is 5.91 Å². The fraction of sp³-hybridized carbons (Fsp3) is 0.500. The molecule has 1 amide bonds. The normalized spacial score (nSPS) is 10.7. The molecular formula is C14H22ClN3O2. The van der Waals surface area contributed by atoms with Crippen LogP contribution in [0.15, 0.2) is 18.2 Å². The maximum absolute atomic E-state index is 12.0. The number of hydrogen-bond acceptors (Lipinski definition) is 4. The highest BCUT2D eigenvalue weighted by molar-refractivity contribution is 6.31. The molecule has 0 saturated carbocycles. The van der Waals surface area contributed by atoms with Crippen molar-refractivity contribution in [1.29, 1.82) is 0 Å². The molecule has 112 valence electrons. The van der Waals surface area contributed by atoms with Crippen molar-refractivity contribution in [3.05, 3.63) is 28.8 Å². The average Bonchev–Trinajstić information content (AvgIpc) is 2.42. The molecule has 0 bridgehead atoms. The first-order valence-corrected chi connectivity index (χ1v) is 7.04. The van der Waals surface area contributed by atoms with Gasteiger partial charge in [0.15, 0.2) is 0 Å². The molecule has 0 spiro atoms. The number of ether oxygens (including phenoxy) is 1. The van der Waals surface area contributed by atoms with Crippen LogP contribution in [0.1, 0.15) is 30.6 Å². The van der Waals surface area contributed by atoms with Crippen LogP contribution >= 0.6 is 11.6 Å². The van der Waals surface area contributed by atoms with Crippen LogP contribution in [-0.4, -0.2) is 25.7 Å². The van der Waals surface area contributed by atoms with Gasteiger partial charge in [0, 0.05) is 24.8 Å². The Bertz CT molecular complexity index is 438. The first-order chi connectivity index (χ1) is 9.54. The van der Waals surface area contributed by atoms with Crippen LogP contribution in [-0.2, 0) is 4.74 Å². The molecule has 4 N–H and O–H groups in total. The lowest BCUT2D eigenvalue weighted by molar-refractivity contribution is 0.0925. The molecule has 0 aliphatic carbocycles. The second kappa shape index (κ2) is 8.79. The molecule has 0 aliphatic heterocycles. The third kappa shape index (κ3) is 5.77. The van der Waals surface area contributed by atoms with Gasteiger partial charge < -0.3 is 15.5 Å². The summed E-state index contributed by atoms with van der Waals surface area (Å²) in [5, 5.41) is 3.31. The van der Waals surface area contributed by atoms with Crippen LogP contribution in [0.25, 0.3) is 0 Å². The summed E-state index contributed by atoms with van der Waals surface area (Å²) in [7, 11) is 0. The van der Waals surface area contributed by atoms with E-state index in [1.54, 1.807) is 18.2 Å². The molecule has 0 radical (unpaired) electrons. The fourth-order valence-electron chi connectivity index (χ4n) is 1.62. The summed E-state index contributed by atoms with van der Waals surface area (Å²) >= 11 is 5.88. The Morgan fingerprint density at radius 3 is 2.85 bits per heavy atom. The van der Waals surface area contributed by atoms with Crippen LogP contribution in [0.3, 0.4) is 0 Å². The zero-order valence-corrected chi connectivity index (χ0v) is 12.7. The van der Waals surface area contributed by atoms with Crippen LogP contribution in [0, 0.1) is 5.92 Å². The summed E-state index contributed by atoms with van der Waals surface area (Å²) < 4.78 is 5.44. The molecular weight excluding hydrogens is 278 g/mol. The summed E-state index contributed by atoms with van der Waals surface area (Å²) in [5.41, 5.74) is 3.46. The van der Waals surface area contributed by atoms with Gasteiger partial charge in [0.1, 0.15) is 0 Å². The van der Waals surface area contributed by atoms with E-state index < -0.39 is 0 Å². The van der Waals surface area contributed by atoms with Crippen LogP contribution < -0.4 is 16.6 Å². The second-order valence-electron chi connectivity index (χ2n) is 4.91. The van der Waals surface area contributed by atoms with Gasteiger partial charge in [0.05, 0.1) is 11.3 Å². The van der Waals surface area contributed by atoms with Crippen molar-refractivity contribution in [2.24, 2.45) is 11.8 Å². The Morgan fingerprint density at radius 2 is 2.20 bits per heavy atom. The van der Waals surface area contributed by atoms with Crippen molar-refractivity contribution in [2.45, 2.75) is 20.3 Å². The zero-order valence-electron chi connectivity index (χ0n) is 11.9. The predicted octanol–water partition coefficient (Wildman–Crippen LogP) is 2.42. The number of hydrogen-bond donors (Lipinski definition) is 3. The topological polar surface area (TPSA) is 76.4 Å². The third-order valence-corrected chi connectivity index (χ3v) is 2.82. The van der Waals surface area contributed by atoms with E-state index in [1.807, 2.05) is 0 Å². The minimum absolute atomic E-state index is 0.204. The summed E-state index contributed by atoms with van der Waals surface area (Å²) in [4.78, 5) is 12.0. The number of carbonyl (C=O) groups excluding carboxylic acids is 1. The quantitative estimate of drug-likeness (QED) is 0.391. The standard InChI is InChI=1S/C14H22ClN3O2/c1-10(2)9-20-7-3-6-17-14(19)12-8-11(15)4-5-13(12)18-16/h4-5,8,10,18H,3,6-7,9,16H2,1-2H3,(H,17,19). The van der Waals surface area contributed by atoms with E-state index in [4.69, 9.17) is 22.2 Å². The number of amides is 1. The average molecular weight is 300 g/mol. The number of rotatable bonds is 8. The molecule has 5 nitrogen and oxygen atoms in total. The van der Waals surface area contributed by atoms with Crippen molar-refractivity contribution < 1.29 is 9.53 Å². The van der Waals surface area contributed by atoms with Gasteiger partial charge in [0.2, 0.25) is 0 Å². The van der Waals surface area contributed by atoms with Gasteiger partial charge in [-0.2, -0.15) is 0 Å². The molecule has 0 unspecified atom stereocenters. The van der Waals surface area contributed by atoms with Crippen molar-refractivity contribution >= 4 is 23.2 Å². The molecule has 0 aliphatic rings. The van der Waals surface area contributed by atoms with E-state index in [0.29, 0.717) is 35.3 Å². The molecule has 1 aromatic carbocycles. The van der Waals surface area contributed by atoms with E-state index in [2.05, 4.69) is 24.6 Å². The first kappa shape index (κ1) is 16.8. The molecule has 0 atom stereocenters. The van der Waals surface area contributed by atoms with Gasteiger partial charge in [-0.1, -0.05) is 25.4 Å². The maximum Gasteiger partial charge on any atom is 0.253 e. The van der Waals surface area contributed by atoms with Crippen molar-refractivity contribution in [3.8, 4) is 0 Å². The first-order valence-electron chi connectivity index (χ1n) is 6.66. The third-order valence-electron chi connectivity index (χ3n) is 2.58. The molecule has 6 heteroatoms. The second-order valence-corrected chi connectivity index (χ2v) is 5.35. The Labute approximate surface area is 124 Å². The van der Waals surface area contributed by atoms with E-state index >= 15 is 0 Å². The van der Waals surface area contributed by atoms with Crippen molar-refractivity contribution in [2.75, 3.05) is 25.2 Å². The van der Waals surface area contributed by atoms with Crippen molar-refractivity contribution in [1.82, 2.24) is 5.32 Å². The van der Waals surface area contributed by atoms with E-state index in [1.165, 1.54) is 0 Å². The fourth-order valence-corrected chi connectivity index (χ4v) is 1.79. The highest BCUT2D eigenvalue weighted by Gasteiger charge is 2.10. The van der Waals surface area contributed by atoms with Gasteiger partial charge in [-0.25, -0.2) is 0 Å².